The molecule has 0 heterocycles. The number of aryl methyl sites for hydroxylation is 1. The summed E-state index contributed by atoms with van der Waals surface area (Å²) in [5.41, 5.74) is 7.07. The smallest absolute Gasteiger partial charge is 0.119 e. The van der Waals surface area contributed by atoms with Crippen molar-refractivity contribution in [1.82, 2.24) is 5.32 Å². The molecule has 3 nitrogen and oxygen atoms in total. The van der Waals surface area contributed by atoms with Crippen molar-refractivity contribution in [2.75, 3.05) is 13.2 Å². The molecule has 3 unspecified atom stereocenters. The van der Waals surface area contributed by atoms with Crippen LogP contribution >= 0.6 is 0 Å². The normalized spacial score (nSPS) is 24.4. The Morgan fingerprint density at radius 1 is 1.32 bits per heavy atom. The van der Waals surface area contributed by atoms with Crippen LogP contribution in [0.15, 0.2) is 24.3 Å². The Kier molecular flexibility index (Phi) is 5.23. The molecule has 106 valence electrons. The van der Waals surface area contributed by atoms with Gasteiger partial charge in [0.25, 0.3) is 0 Å². The number of hydrogen-bond donors (Lipinski definition) is 2. The highest BCUT2D eigenvalue weighted by atomic mass is 16.5. The molecule has 0 amide bonds. The van der Waals surface area contributed by atoms with Crippen LogP contribution in [0.1, 0.15) is 31.7 Å². The first-order valence-electron chi connectivity index (χ1n) is 7.34. The second-order valence-corrected chi connectivity index (χ2v) is 5.72. The fraction of sp³-hybridized carbons (Fsp3) is 0.625. The molecular formula is C16H26N2O. The quantitative estimate of drug-likeness (QED) is 0.828. The van der Waals surface area contributed by atoms with Crippen molar-refractivity contribution >= 4 is 0 Å². The lowest BCUT2D eigenvalue weighted by Gasteiger charge is -2.24. The maximum absolute atomic E-state index is 5.81. The third kappa shape index (κ3) is 4.22. The molecule has 1 saturated carbocycles. The van der Waals surface area contributed by atoms with E-state index in [2.05, 4.69) is 31.3 Å². The van der Waals surface area contributed by atoms with Crippen molar-refractivity contribution in [3.8, 4) is 5.75 Å². The molecule has 0 spiro atoms. The van der Waals surface area contributed by atoms with Gasteiger partial charge in [-0.3, -0.25) is 0 Å². The Morgan fingerprint density at radius 3 is 2.74 bits per heavy atom. The second-order valence-electron chi connectivity index (χ2n) is 5.72. The first-order valence-corrected chi connectivity index (χ1v) is 7.34. The summed E-state index contributed by atoms with van der Waals surface area (Å²) in [7, 11) is 0. The number of ether oxygens (including phenoxy) is 1. The second kappa shape index (κ2) is 6.92. The first-order chi connectivity index (χ1) is 9.19. The van der Waals surface area contributed by atoms with Crippen LogP contribution in [-0.4, -0.2) is 25.2 Å². The molecule has 1 fully saturated rings. The van der Waals surface area contributed by atoms with Crippen LogP contribution < -0.4 is 15.8 Å². The van der Waals surface area contributed by atoms with Crippen molar-refractivity contribution in [2.24, 2.45) is 11.7 Å². The predicted molar refractivity (Wildman–Crippen MR) is 79.5 cm³/mol. The molecule has 0 radical (unpaired) electrons. The highest BCUT2D eigenvalue weighted by molar-refractivity contribution is 5.26. The van der Waals surface area contributed by atoms with Crippen LogP contribution in [0.5, 0.6) is 5.75 Å². The Hall–Kier alpha value is -1.06. The van der Waals surface area contributed by atoms with Crippen LogP contribution in [0.25, 0.3) is 0 Å². The summed E-state index contributed by atoms with van der Waals surface area (Å²) in [5, 5.41) is 3.66. The van der Waals surface area contributed by atoms with E-state index in [1.807, 2.05) is 12.1 Å². The minimum atomic E-state index is 0.360. The minimum absolute atomic E-state index is 0.360. The average Bonchev–Trinajstić information content (AvgIpc) is 2.85. The molecular weight excluding hydrogens is 236 g/mol. The summed E-state index contributed by atoms with van der Waals surface area (Å²) in [6.07, 6.45) is 3.81. The molecule has 1 aliphatic rings. The van der Waals surface area contributed by atoms with Crippen LogP contribution in [0.2, 0.25) is 0 Å². The number of rotatable bonds is 6. The van der Waals surface area contributed by atoms with Gasteiger partial charge < -0.3 is 15.8 Å². The Balaban J connectivity index is 1.75. The highest BCUT2D eigenvalue weighted by Gasteiger charge is 2.26. The summed E-state index contributed by atoms with van der Waals surface area (Å²) in [6.45, 7) is 5.77. The van der Waals surface area contributed by atoms with Crippen LogP contribution in [-0.2, 0) is 0 Å². The summed E-state index contributed by atoms with van der Waals surface area (Å²) < 4.78 is 5.81. The standard InChI is InChI=1S/C16H26N2O/c1-12-6-8-15(9-7-12)19-11-13(2)18-16-5-3-4-14(16)10-17/h6-9,13-14,16,18H,3-5,10-11,17H2,1-2H3. The van der Waals surface area contributed by atoms with Gasteiger partial charge in [0.15, 0.2) is 0 Å². The maximum Gasteiger partial charge on any atom is 0.119 e. The lowest BCUT2D eigenvalue weighted by atomic mass is 10.0. The summed E-state index contributed by atoms with van der Waals surface area (Å²) >= 11 is 0. The van der Waals surface area contributed by atoms with Gasteiger partial charge in [0.2, 0.25) is 0 Å². The zero-order valence-electron chi connectivity index (χ0n) is 12.1. The van der Waals surface area contributed by atoms with E-state index in [1.54, 1.807) is 0 Å². The Bertz CT molecular complexity index is 377. The Labute approximate surface area is 116 Å². The van der Waals surface area contributed by atoms with E-state index in [-0.39, 0.29) is 0 Å². The molecule has 1 aliphatic carbocycles. The van der Waals surface area contributed by atoms with E-state index in [0.717, 1.165) is 12.3 Å². The molecule has 3 atom stereocenters. The zero-order valence-corrected chi connectivity index (χ0v) is 12.1. The Morgan fingerprint density at radius 2 is 2.05 bits per heavy atom. The lowest BCUT2D eigenvalue weighted by molar-refractivity contribution is 0.249. The molecule has 19 heavy (non-hydrogen) atoms. The van der Waals surface area contributed by atoms with Gasteiger partial charge >= 0.3 is 0 Å². The van der Waals surface area contributed by atoms with Gasteiger partial charge in [0, 0.05) is 12.1 Å². The largest absolute Gasteiger partial charge is 0.492 e. The van der Waals surface area contributed by atoms with E-state index in [4.69, 9.17) is 10.5 Å². The summed E-state index contributed by atoms with van der Waals surface area (Å²) in [5.74, 6) is 1.59. The van der Waals surface area contributed by atoms with Crippen molar-refractivity contribution in [3.05, 3.63) is 29.8 Å². The van der Waals surface area contributed by atoms with Crippen LogP contribution in [0.4, 0.5) is 0 Å². The number of nitrogens with two attached hydrogens (primary N) is 1. The summed E-state index contributed by atoms with van der Waals surface area (Å²) in [6, 6.07) is 9.14. The molecule has 0 aliphatic heterocycles. The lowest BCUT2D eigenvalue weighted by Crippen LogP contribution is -2.43. The van der Waals surface area contributed by atoms with Crippen molar-refractivity contribution in [3.63, 3.8) is 0 Å². The SMILES string of the molecule is Cc1ccc(OCC(C)NC2CCCC2CN)cc1. The van der Waals surface area contributed by atoms with E-state index in [1.165, 1.54) is 24.8 Å². The molecule has 2 rings (SSSR count). The molecule has 0 saturated heterocycles. The van der Waals surface area contributed by atoms with E-state index in [0.29, 0.717) is 24.6 Å². The monoisotopic (exact) mass is 262 g/mol. The third-order valence-corrected chi connectivity index (χ3v) is 3.98. The van der Waals surface area contributed by atoms with Gasteiger partial charge in [-0.2, -0.15) is 0 Å². The molecule has 1 aromatic carbocycles. The van der Waals surface area contributed by atoms with Gasteiger partial charge in [-0.25, -0.2) is 0 Å². The summed E-state index contributed by atoms with van der Waals surface area (Å²) in [4.78, 5) is 0. The predicted octanol–water partition coefficient (Wildman–Crippen LogP) is 2.48. The maximum atomic E-state index is 5.81. The van der Waals surface area contributed by atoms with Crippen molar-refractivity contribution in [2.45, 2.75) is 45.2 Å². The van der Waals surface area contributed by atoms with Gasteiger partial charge in [-0.15, -0.1) is 0 Å². The number of benzene rings is 1. The van der Waals surface area contributed by atoms with Gasteiger partial charge in [-0.1, -0.05) is 24.1 Å². The van der Waals surface area contributed by atoms with Crippen molar-refractivity contribution in [1.29, 1.82) is 0 Å². The van der Waals surface area contributed by atoms with Gasteiger partial charge in [0.05, 0.1) is 0 Å². The highest BCUT2D eigenvalue weighted by Crippen LogP contribution is 2.25. The number of nitrogens with one attached hydrogen (secondary N) is 1. The molecule has 1 aromatic rings. The van der Waals surface area contributed by atoms with Crippen LogP contribution in [0.3, 0.4) is 0 Å². The van der Waals surface area contributed by atoms with E-state index >= 15 is 0 Å². The van der Waals surface area contributed by atoms with Gasteiger partial charge in [-0.05, 0) is 51.3 Å². The molecule has 0 bridgehead atoms. The topological polar surface area (TPSA) is 47.3 Å². The zero-order chi connectivity index (χ0) is 13.7. The molecule has 3 heteroatoms. The fourth-order valence-corrected chi connectivity index (χ4v) is 2.81. The van der Waals surface area contributed by atoms with Crippen LogP contribution in [0, 0.1) is 12.8 Å². The van der Waals surface area contributed by atoms with E-state index < -0.39 is 0 Å². The molecule has 3 N–H and O–H groups in total. The molecule has 0 aromatic heterocycles. The first kappa shape index (κ1) is 14.4. The van der Waals surface area contributed by atoms with E-state index in [9.17, 15) is 0 Å². The minimum Gasteiger partial charge on any atom is -0.492 e. The average molecular weight is 262 g/mol. The van der Waals surface area contributed by atoms with Gasteiger partial charge in [0.1, 0.15) is 12.4 Å². The number of hydrogen-bond acceptors (Lipinski definition) is 3. The third-order valence-electron chi connectivity index (χ3n) is 3.98. The fourth-order valence-electron chi connectivity index (χ4n) is 2.81. The van der Waals surface area contributed by atoms with Crippen molar-refractivity contribution < 1.29 is 4.74 Å².